The Morgan fingerprint density at radius 1 is 1.04 bits per heavy atom. The number of ether oxygens (including phenoxy) is 1. The van der Waals surface area contributed by atoms with Crippen molar-refractivity contribution in [1.29, 1.82) is 0 Å². The van der Waals surface area contributed by atoms with E-state index in [1.165, 1.54) is 0 Å². The van der Waals surface area contributed by atoms with E-state index in [4.69, 9.17) is 20.8 Å². The fourth-order valence-corrected chi connectivity index (χ4v) is 2.99. The number of para-hydroxylation sites is 1. The maximum absolute atomic E-state index is 12.2. The monoisotopic (exact) mass is 392 g/mol. The Balaban J connectivity index is 1.41. The lowest BCUT2D eigenvalue weighted by molar-refractivity contribution is -0.118. The molecule has 140 valence electrons. The van der Waals surface area contributed by atoms with Crippen molar-refractivity contribution < 1.29 is 13.9 Å². The molecule has 0 spiro atoms. The molecule has 1 N–H and O–H groups in total. The summed E-state index contributed by atoms with van der Waals surface area (Å²) in [5.74, 6) is 0.816. The van der Waals surface area contributed by atoms with Crippen LogP contribution in [0.4, 0.5) is 5.69 Å². The normalized spacial score (nSPS) is 10.8. The highest BCUT2D eigenvalue weighted by atomic mass is 35.5. The van der Waals surface area contributed by atoms with Gasteiger partial charge in [-0.1, -0.05) is 54.1 Å². The van der Waals surface area contributed by atoms with Crippen molar-refractivity contribution in [2.45, 2.75) is 6.42 Å². The number of aromatic nitrogens is 1. The zero-order valence-corrected chi connectivity index (χ0v) is 15.6. The summed E-state index contributed by atoms with van der Waals surface area (Å²) in [6.07, 6.45) is 0.614. The molecule has 0 fully saturated rings. The summed E-state index contributed by atoms with van der Waals surface area (Å²) >= 11 is 6.02. The van der Waals surface area contributed by atoms with Crippen molar-refractivity contribution in [1.82, 2.24) is 4.98 Å². The van der Waals surface area contributed by atoms with Gasteiger partial charge >= 0.3 is 0 Å². The third-order valence-corrected chi connectivity index (χ3v) is 4.42. The average molecular weight is 393 g/mol. The summed E-state index contributed by atoms with van der Waals surface area (Å²) in [6.45, 7) is -0.139. The van der Waals surface area contributed by atoms with E-state index in [2.05, 4.69) is 10.3 Å². The number of nitrogens with one attached hydrogen (secondary N) is 1. The first-order valence-electron chi connectivity index (χ1n) is 8.78. The number of anilines is 1. The van der Waals surface area contributed by atoms with Crippen LogP contribution in [0.1, 0.15) is 11.5 Å². The lowest BCUT2D eigenvalue weighted by Crippen LogP contribution is -2.20. The number of hydrogen-bond acceptors (Lipinski definition) is 4. The van der Waals surface area contributed by atoms with E-state index in [1.54, 1.807) is 42.5 Å². The molecule has 5 nitrogen and oxygen atoms in total. The standard InChI is InChI=1S/C22H17ClN2O3/c23-17-8-4-5-9-19(17)27-14-21(26)24-16-10-11-20-18(13-16)25-22(28-20)12-15-6-2-1-3-7-15/h1-11,13H,12,14H2,(H,24,26). The van der Waals surface area contributed by atoms with Gasteiger partial charge in [0.2, 0.25) is 0 Å². The molecule has 0 aliphatic carbocycles. The van der Waals surface area contributed by atoms with Gasteiger partial charge in [0.1, 0.15) is 11.3 Å². The van der Waals surface area contributed by atoms with Crippen LogP contribution < -0.4 is 10.1 Å². The van der Waals surface area contributed by atoms with Crippen molar-refractivity contribution in [2.24, 2.45) is 0 Å². The van der Waals surface area contributed by atoms with E-state index < -0.39 is 0 Å². The predicted molar refractivity (Wildman–Crippen MR) is 109 cm³/mol. The van der Waals surface area contributed by atoms with Crippen LogP contribution in [0.5, 0.6) is 5.75 Å². The quantitative estimate of drug-likeness (QED) is 0.496. The summed E-state index contributed by atoms with van der Waals surface area (Å²) in [7, 11) is 0. The number of carbonyl (C=O) groups is 1. The molecular formula is C22H17ClN2O3. The van der Waals surface area contributed by atoms with Gasteiger partial charge in [-0.3, -0.25) is 4.79 Å². The molecule has 0 atom stereocenters. The van der Waals surface area contributed by atoms with Gasteiger partial charge < -0.3 is 14.5 Å². The van der Waals surface area contributed by atoms with Crippen LogP contribution in [0.25, 0.3) is 11.1 Å². The number of hydrogen-bond donors (Lipinski definition) is 1. The SMILES string of the molecule is O=C(COc1ccccc1Cl)Nc1ccc2oc(Cc3ccccc3)nc2c1. The fourth-order valence-electron chi connectivity index (χ4n) is 2.80. The zero-order valence-electron chi connectivity index (χ0n) is 14.9. The molecule has 3 aromatic carbocycles. The largest absolute Gasteiger partial charge is 0.482 e. The number of halogens is 1. The third-order valence-electron chi connectivity index (χ3n) is 4.11. The molecule has 1 amide bonds. The van der Waals surface area contributed by atoms with E-state index in [1.807, 2.05) is 30.3 Å². The van der Waals surface area contributed by atoms with E-state index in [0.29, 0.717) is 39.9 Å². The van der Waals surface area contributed by atoms with Gasteiger partial charge in [-0.05, 0) is 35.9 Å². The molecule has 1 aromatic heterocycles. The summed E-state index contributed by atoms with van der Waals surface area (Å²) < 4.78 is 11.2. The molecule has 0 saturated heterocycles. The van der Waals surface area contributed by atoms with Crippen LogP contribution in [0, 0.1) is 0 Å². The van der Waals surface area contributed by atoms with Crippen molar-refractivity contribution >= 4 is 34.3 Å². The van der Waals surface area contributed by atoms with E-state index in [9.17, 15) is 4.79 Å². The molecule has 0 radical (unpaired) electrons. The van der Waals surface area contributed by atoms with E-state index >= 15 is 0 Å². The number of carbonyl (C=O) groups excluding carboxylic acids is 1. The van der Waals surface area contributed by atoms with Crippen LogP contribution in [0.15, 0.2) is 77.2 Å². The summed E-state index contributed by atoms with van der Waals surface area (Å²) in [5, 5.41) is 3.26. The smallest absolute Gasteiger partial charge is 0.262 e. The highest BCUT2D eigenvalue weighted by Gasteiger charge is 2.10. The second-order valence-corrected chi connectivity index (χ2v) is 6.63. The van der Waals surface area contributed by atoms with E-state index in [0.717, 1.165) is 5.56 Å². The lowest BCUT2D eigenvalue weighted by atomic mass is 10.1. The molecule has 1 heterocycles. The summed E-state index contributed by atoms with van der Waals surface area (Å²) in [6, 6.07) is 22.4. The average Bonchev–Trinajstić information content (AvgIpc) is 3.09. The second kappa shape index (κ2) is 8.15. The minimum atomic E-state index is -0.285. The Kier molecular flexibility index (Phi) is 5.26. The van der Waals surface area contributed by atoms with Gasteiger partial charge in [-0.15, -0.1) is 0 Å². The first-order chi connectivity index (χ1) is 13.7. The van der Waals surface area contributed by atoms with Crippen LogP contribution in [0.2, 0.25) is 5.02 Å². The van der Waals surface area contributed by atoms with Crippen molar-refractivity contribution in [3.8, 4) is 5.75 Å². The number of oxazole rings is 1. The Morgan fingerprint density at radius 3 is 2.64 bits per heavy atom. The molecule has 0 bridgehead atoms. The second-order valence-electron chi connectivity index (χ2n) is 6.22. The van der Waals surface area contributed by atoms with Gasteiger partial charge in [-0.25, -0.2) is 4.98 Å². The number of fused-ring (bicyclic) bond motifs is 1. The van der Waals surface area contributed by atoms with Gasteiger partial charge in [-0.2, -0.15) is 0 Å². The Bertz CT molecular complexity index is 1110. The molecule has 4 aromatic rings. The minimum absolute atomic E-state index is 0.139. The van der Waals surface area contributed by atoms with Gasteiger partial charge in [0.25, 0.3) is 5.91 Å². The third kappa shape index (κ3) is 4.32. The first kappa shape index (κ1) is 18.1. The van der Waals surface area contributed by atoms with Gasteiger partial charge in [0, 0.05) is 12.1 Å². The topological polar surface area (TPSA) is 64.4 Å². The maximum Gasteiger partial charge on any atom is 0.262 e. The highest BCUT2D eigenvalue weighted by molar-refractivity contribution is 6.32. The molecule has 0 saturated carbocycles. The number of amides is 1. The van der Waals surface area contributed by atoms with Gasteiger partial charge in [0.05, 0.1) is 5.02 Å². The molecule has 6 heteroatoms. The summed E-state index contributed by atoms with van der Waals surface area (Å²) in [4.78, 5) is 16.7. The Morgan fingerprint density at radius 2 is 1.82 bits per heavy atom. The zero-order chi connectivity index (χ0) is 19.3. The Labute approximate surface area is 166 Å². The minimum Gasteiger partial charge on any atom is -0.482 e. The predicted octanol–water partition coefficient (Wildman–Crippen LogP) is 5.09. The van der Waals surface area contributed by atoms with Crippen molar-refractivity contribution in [3.05, 3.63) is 89.3 Å². The first-order valence-corrected chi connectivity index (χ1v) is 9.16. The van der Waals surface area contributed by atoms with Crippen LogP contribution in [-0.4, -0.2) is 17.5 Å². The fraction of sp³-hybridized carbons (Fsp3) is 0.0909. The maximum atomic E-state index is 12.2. The molecule has 4 rings (SSSR count). The van der Waals surface area contributed by atoms with E-state index in [-0.39, 0.29) is 12.5 Å². The van der Waals surface area contributed by atoms with Gasteiger partial charge in [0.15, 0.2) is 18.1 Å². The molecule has 28 heavy (non-hydrogen) atoms. The number of rotatable bonds is 6. The summed E-state index contributed by atoms with van der Waals surface area (Å²) in [5.41, 5.74) is 3.12. The number of benzene rings is 3. The molecule has 0 aliphatic heterocycles. The Hall–Kier alpha value is -3.31. The molecule has 0 aliphatic rings. The van der Waals surface area contributed by atoms with Crippen molar-refractivity contribution in [2.75, 3.05) is 11.9 Å². The van der Waals surface area contributed by atoms with Crippen molar-refractivity contribution in [3.63, 3.8) is 0 Å². The molecular weight excluding hydrogens is 376 g/mol. The number of nitrogens with zero attached hydrogens (tertiary/aromatic N) is 1. The van der Waals surface area contributed by atoms with Crippen LogP contribution >= 0.6 is 11.6 Å². The highest BCUT2D eigenvalue weighted by Crippen LogP contribution is 2.24. The van der Waals surface area contributed by atoms with Crippen LogP contribution in [-0.2, 0) is 11.2 Å². The molecule has 0 unspecified atom stereocenters. The van der Waals surface area contributed by atoms with Crippen LogP contribution in [0.3, 0.4) is 0 Å². The lowest BCUT2D eigenvalue weighted by Gasteiger charge is -2.08.